The fraction of sp³-hybridized carbons (Fsp3) is 0.571. The van der Waals surface area contributed by atoms with Gasteiger partial charge in [-0.15, -0.1) is 0 Å². The maximum atomic E-state index is 13.3. The van der Waals surface area contributed by atoms with Crippen molar-refractivity contribution in [1.29, 1.82) is 0 Å². The number of sulfonamides is 1. The summed E-state index contributed by atoms with van der Waals surface area (Å²) in [6.07, 6.45) is -1.11. The minimum atomic E-state index is -4.04. The minimum absolute atomic E-state index is 0.0446. The first-order chi connectivity index (χ1) is 11.1. The van der Waals surface area contributed by atoms with Gasteiger partial charge in [-0.25, -0.2) is 12.8 Å². The van der Waals surface area contributed by atoms with Gasteiger partial charge in [0, 0.05) is 19.2 Å². The third-order valence-corrected chi connectivity index (χ3v) is 6.41. The molecule has 1 aliphatic rings. The van der Waals surface area contributed by atoms with E-state index in [9.17, 15) is 17.6 Å². The number of anilines is 1. The smallest absolute Gasteiger partial charge is 0.249 e. The molecule has 0 spiro atoms. The Kier molecular flexibility index (Phi) is 5.11. The molecule has 8 nitrogen and oxygen atoms in total. The van der Waals surface area contributed by atoms with Crippen LogP contribution >= 0.6 is 0 Å². The maximum absolute atomic E-state index is 13.3. The second-order valence-electron chi connectivity index (χ2n) is 6.05. The Labute approximate surface area is 139 Å². The number of nitrogens with zero attached hydrogens (tertiary/aromatic N) is 2. The van der Waals surface area contributed by atoms with Crippen molar-refractivity contribution in [3.05, 3.63) is 18.3 Å². The molecular weight excluding hydrogens is 341 g/mol. The first-order valence-corrected chi connectivity index (χ1v) is 8.74. The number of hydrogen-bond donors (Lipinski definition) is 2. The molecule has 0 aliphatic carbocycles. The number of aliphatic hydroxyl groups excluding tert-OH is 1. The van der Waals surface area contributed by atoms with E-state index in [1.165, 1.54) is 19.9 Å². The van der Waals surface area contributed by atoms with Gasteiger partial charge in [0.05, 0.1) is 6.61 Å². The highest BCUT2D eigenvalue weighted by Crippen LogP contribution is 2.27. The molecule has 1 aromatic heterocycles. The normalized spacial score (nSPS) is 19.4. The molecule has 10 heteroatoms. The molecule has 1 saturated heterocycles. The van der Waals surface area contributed by atoms with Crippen molar-refractivity contribution in [1.82, 2.24) is 9.46 Å². The van der Waals surface area contributed by atoms with Gasteiger partial charge >= 0.3 is 0 Å². The van der Waals surface area contributed by atoms with Crippen LogP contribution in [0, 0.1) is 0 Å². The fourth-order valence-corrected chi connectivity index (χ4v) is 3.82. The Morgan fingerprint density at radius 2 is 2.29 bits per heavy atom. The number of rotatable bonds is 6. The fourth-order valence-electron chi connectivity index (χ4n) is 2.19. The molecule has 0 bridgehead atoms. The maximum Gasteiger partial charge on any atom is 0.249 e. The number of carbonyl (C=O) groups is 1. The molecule has 0 saturated carbocycles. The van der Waals surface area contributed by atoms with Gasteiger partial charge in [-0.05, 0) is 25.8 Å². The molecule has 2 rings (SSSR count). The molecule has 1 fully saturated rings. The molecule has 0 unspecified atom stereocenters. The lowest BCUT2D eigenvalue weighted by Gasteiger charge is -2.28. The zero-order chi connectivity index (χ0) is 18.1. The lowest BCUT2D eigenvalue weighted by atomic mass is 10.2. The third-order valence-electron chi connectivity index (χ3n) is 3.93. The van der Waals surface area contributed by atoms with Crippen LogP contribution in [0.15, 0.2) is 17.2 Å². The second-order valence-corrected chi connectivity index (χ2v) is 8.54. The highest BCUT2D eigenvalue weighted by atomic mass is 32.2. The molecule has 1 amide bonds. The van der Waals surface area contributed by atoms with Crippen LogP contribution in [0.3, 0.4) is 0 Å². The van der Waals surface area contributed by atoms with E-state index in [4.69, 9.17) is 9.63 Å². The van der Waals surface area contributed by atoms with E-state index >= 15 is 0 Å². The van der Waals surface area contributed by atoms with Crippen molar-refractivity contribution in [2.24, 2.45) is 0 Å². The number of aliphatic hydroxyl groups is 1. The highest BCUT2D eigenvalue weighted by Gasteiger charge is 2.47. The van der Waals surface area contributed by atoms with Crippen molar-refractivity contribution in [2.45, 2.75) is 31.2 Å². The van der Waals surface area contributed by atoms with Gasteiger partial charge in [0.2, 0.25) is 21.8 Å². The van der Waals surface area contributed by atoms with Gasteiger partial charge in [-0.3, -0.25) is 10.1 Å². The van der Waals surface area contributed by atoms with Crippen molar-refractivity contribution >= 4 is 27.4 Å². The van der Waals surface area contributed by atoms with Crippen LogP contribution in [-0.4, -0.2) is 59.5 Å². The summed E-state index contributed by atoms with van der Waals surface area (Å²) >= 11 is 0. The molecule has 134 valence electrons. The van der Waals surface area contributed by atoms with Gasteiger partial charge in [-0.1, -0.05) is 11.7 Å². The van der Waals surface area contributed by atoms with E-state index in [1.54, 1.807) is 0 Å². The van der Waals surface area contributed by atoms with Crippen LogP contribution in [0.2, 0.25) is 0 Å². The van der Waals surface area contributed by atoms with E-state index in [-0.39, 0.29) is 43.3 Å². The quantitative estimate of drug-likeness (QED) is 0.774. The Morgan fingerprint density at radius 1 is 1.62 bits per heavy atom. The summed E-state index contributed by atoms with van der Waals surface area (Å²) < 4.78 is 42.5. The van der Waals surface area contributed by atoms with Crippen LogP contribution in [-0.2, 0) is 14.8 Å². The Bertz CT molecular complexity index is 743. The topological polar surface area (TPSA) is 113 Å². The van der Waals surface area contributed by atoms with Crippen molar-refractivity contribution < 1.29 is 27.2 Å². The number of aromatic nitrogens is 1. The van der Waals surface area contributed by atoms with Gasteiger partial charge in [-0.2, -0.15) is 4.31 Å². The van der Waals surface area contributed by atoms with Crippen LogP contribution < -0.4 is 5.32 Å². The summed E-state index contributed by atoms with van der Waals surface area (Å²) in [5.41, 5.74) is 0.533. The molecule has 2 heterocycles. The van der Waals surface area contributed by atoms with E-state index in [2.05, 4.69) is 17.1 Å². The molecule has 2 N–H and O–H groups in total. The Balaban J connectivity index is 2.15. The molecule has 1 aromatic rings. The first kappa shape index (κ1) is 18.6. The van der Waals surface area contributed by atoms with Gasteiger partial charge in [0.15, 0.2) is 4.75 Å². The summed E-state index contributed by atoms with van der Waals surface area (Å²) in [5.74, 6) is -0.903. The van der Waals surface area contributed by atoms with Gasteiger partial charge in [0.1, 0.15) is 11.9 Å². The van der Waals surface area contributed by atoms with E-state index in [1.807, 2.05) is 0 Å². The summed E-state index contributed by atoms with van der Waals surface area (Å²) in [7, 11) is -4.04. The molecular formula is C14H20FN3O5S. The zero-order valence-electron chi connectivity index (χ0n) is 13.5. The predicted octanol–water partition coefficient (Wildman–Crippen LogP) is 0.771. The third kappa shape index (κ3) is 3.35. The Morgan fingerprint density at radius 3 is 2.83 bits per heavy atom. The SMILES string of the molecule is C=C(CO)c1cc(NC(=O)C(C)(C)S(=O)(=O)N2CC[C@@H](F)C2)on1. The average molecular weight is 361 g/mol. The monoisotopic (exact) mass is 361 g/mol. The number of hydrogen-bond acceptors (Lipinski definition) is 6. The minimum Gasteiger partial charge on any atom is -0.392 e. The highest BCUT2D eigenvalue weighted by molar-refractivity contribution is 7.91. The zero-order valence-corrected chi connectivity index (χ0v) is 14.3. The van der Waals surface area contributed by atoms with Crippen molar-refractivity contribution in [3.8, 4) is 0 Å². The van der Waals surface area contributed by atoms with Gasteiger partial charge in [0.25, 0.3) is 0 Å². The van der Waals surface area contributed by atoms with Crippen molar-refractivity contribution in [2.75, 3.05) is 25.0 Å². The lowest BCUT2D eigenvalue weighted by Crippen LogP contribution is -2.51. The summed E-state index contributed by atoms with van der Waals surface area (Å²) in [4.78, 5) is 12.4. The number of amides is 1. The predicted molar refractivity (Wildman–Crippen MR) is 85.3 cm³/mol. The van der Waals surface area contributed by atoms with Crippen LogP contribution in [0.1, 0.15) is 26.0 Å². The second kappa shape index (κ2) is 6.61. The Hall–Kier alpha value is -1.78. The average Bonchev–Trinajstić information content (AvgIpc) is 3.15. The number of halogens is 1. The number of nitrogens with one attached hydrogen (secondary N) is 1. The van der Waals surface area contributed by atoms with Crippen molar-refractivity contribution in [3.63, 3.8) is 0 Å². The molecule has 0 radical (unpaired) electrons. The molecule has 1 atom stereocenters. The summed E-state index contributed by atoms with van der Waals surface area (Å²) in [5, 5.41) is 14.9. The number of carbonyl (C=O) groups excluding carboxylic acids is 1. The first-order valence-electron chi connectivity index (χ1n) is 7.30. The largest absolute Gasteiger partial charge is 0.392 e. The molecule has 0 aromatic carbocycles. The summed E-state index contributed by atoms with van der Waals surface area (Å²) in [6.45, 7) is 5.51. The van der Waals surface area contributed by atoms with Crippen LogP contribution in [0.4, 0.5) is 10.3 Å². The molecule has 1 aliphatic heterocycles. The summed E-state index contributed by atoms with van der Waals surface area (Å²) in [6, 6.07) is 1.33. The van der Waals surface area contributed by atoms with E-state index < -0.39 is 26.8 Å². The lowest BCUT2D eigenvalue weighted by molar-refractivity contribution is -0.118. The standard InChI is InChI=1S/C14H20FN3O5S/c1-9(8-19)11-6-12(23-17-11)16-13(20)14(2,3)24(21,22)18-5-4-10(15)7-18/h6,10,19H,1,4-5,7-8H2,2-3H3,(H,16,20)/t10-/m1/s1. The molecule has 24 heavy (non-hydrogen) atoms. The van der Waals surface area contributed by atoms with Crippen LogP contribution in [0.5, 0.6) is 0 Å². The van der Waals surface area contributed by atoms with Gasteiger partial charge < -0.3 is 9.63 Å². The van der Waals surface area contributed by atoms with E-state index in [0.29, 0.717) is 0 Å². The van der Waals surface area contributed by atoms with Crippen LogP contribution in [0.25, 0.3) is 5.57 Å². The van der Waals surface area contributed by atoms with E-state index in [0.717, 1.165) is 4.31 Å². The number of alkyl halides is 1.